The number of hydrogen-bond acceptors (Lipinski definition) is 8. The molecule has 1 aliphatic rings. The SMILES string of the molecule is O=C(O)CCOCCOCCOCCOCCCc1cccc(C(=O)Nc2ccc(Cl)cc2-c2cc(C(=O)NC3CCCc4ccccc43)ccn2)c1. The van der Waals surface area contributed by atoms with Crippen LogP contribution in [0.4, 0.5) is 5.69 Å². The second kappa shape index (κ2) is 21.2. The predicted octanol–water partition coefficient (Wildman–Crippen LogP) is 6.94. The fraction of sp³-hybridized carbons (Fsp3) is 0.366. The average Bonchev–Trinajstić information content (AvgIpc) is 3.17. The number of nitrogens with zero attached hydrogens (tertiary/aromatic N) is 1. The molecule has 4 aromatic rings. The minimum atomic E-state index is -0.885. The minimum absolute atomic E-state index is 0.0185. The van der Waals surface area contributed by atoms with Crippen molar-refractivity contribution in [3.63, 3.8) is 0 Å². The van der Waals surface area contributed by atoms with Crippen LogP contribution in [-0.4, -0.2) is 80.7 Å². The summed E-state index contributed by atoms with van der Waals surface area (Å²) in [7, 11) is 0. The molecule has 2 amide bonds. The van der Waals surface area contributed by atoms with Gasteiger partial charge in [0.05, 0.1) is 70.1 Å². The predicted molar refractivity (Wildman–Crippen MR) is 203 cm³/mol. The van der Waals surface area contributed by atoms with Crippen molar-refractivity contribution < 1.29 is 38.4 Å². The molecule has 0 saturated heterocycles. The third-order valence-electron chi connectivity index (χ3n) is 8.72. The van der Waals surface area contributed by atoms with Crippen LogP contribution in [0, 0.1) is 0 Å². The number of aliphatic carboxylic acids is 1. The summed E-state index contributed by atoms with van der Waals surface area (Å²) < 4.78 is 21.7. The number of carbonyl (C=O) groups is 3. The number of carboxylic acid groups (broad SMARTS) is 1. The quantitative estimate of drug-likeness (QED) is 0.0774. The monoisotopic (exact) mass is 743 g/mol. The Morgan fingerprint density at radius 3 is 2.26 bits per heavy atom. The molecule has 1 unspecified atom stereocenters. The van der Waals surface area contributed by atoms with Gasteiger partial charge < -0.3 is 34.7 Å². The topological polar surface area (TPSA) is 145 Å². The van der Waals surface area contributed by atoms with Gasteiger partial charge in [0, 0.05) is 34.5 Å². The second-order valence-corrected chi connectivity index (χ2v) is 13.0. The van der Waals surface area contributed by atoms with Crippen LogP contribution >= 0.6 is 11.6 Å². The van der Waals surface area contributed by atoms with E-state index in [1.165, 1.54) is 5.56 Å². The largest absolute Gasteiger partial charge is 0.481 e. The summed E-state index contributed by atoms with van der Waals surface area (Å²) in [5.41, 5.74) is 6.08. The van der Waals surface area contributed by atoms with Crippen molar-refractivity contribution >= 4 is 35.1 Å². The number of fused-ring (bicyclic) bond motifs is 1. The highest BCUT2D eigenvalue weighted by Crippen LogP contribution is 2.32. The third kappa shape index (κ3) is 12.8. The summed E-state index contributed by atoms with van der Waals surface area (Å²) >= 11 is 6.40. The zero-order valence-corrected chi connectivity index (χ0v) is 30.4. The van der Waals surface area contributed by atoms with Gasteiger partial charge in [0.2, 0.25) is 0 Å². The van der Waals surface area contributed by atoms with Gasteiger partial charge in [-0.2, -0.15) is 0 Å². The number of ether oxygens (including phenoxy) is 4. The van der Waals surface area contributed by atoms with Gasteiger partial charge in [0.25, 0.3) is 11.8 Å². The lowest BCUT2D eigenvalue weighted by Crippen LogP contribution is -2.31. The van der Waals surface area contributed by atoms with Crippen molar-refractivity contribution in [2.45, 2.75) is 44.6 Å². The Morgan fingerprint density at radius 2 is 1.49 bits per heavy atom. The Hall–Kier alpha value is -4.65. The lowest BCUT2D eigenvalue weighted by molar-refractivity contribution is -0.138. The summed E-state index contributed by atoms with van der Waals surface area (Å²) in [5.74, 6) is -1.34. The number of nitrogens with one attached hydrogen (secondary N) is 2. The summed E-state index contributed by atoms with van der Waals surface area (Å²) in [6.45, 7) is 3.22. The first-order valence-electron chi connectivity index (χ1n) is 17.9. The highest BCUT2D eigenvalue weighted by atomic mass is 35.5. The lowest BCUT2D eigenvalue weighted by Gasteiger charge is -2.26. The molecule has 1 aliphatic carbocycles. The van der Waals surface area contributed by atoms with Crippen LogP contribution in [0.1, 0.15) is 69.1 Å². The molecule has 3 N–H and O–H groups in total. The van der Waals surface area contributed by atoms with E-state index in [-0.39, 0.29) is 30.9 Å². The Bertz CT molecular complexity index is 1820. The van der Waals surface area contributed by atoms with E-state index in [0.717, 1.165) is 43.2 Å². The fourth-order valence-corrected chi connectivity index (χ4v) is 6.24. The third-order valence-corrected chi connectivity index (χ3v) is 8.96. The Balaban J connectivity index is 1.07. The maximum atomic E-state index is 13.5. The first kappa shape index (κ1) is 39.6. The average molecular weight is 744 g/mol. The van der Waals surface area contributed by atoms with Gasteiger partial charge in [0.1, 0.15) is 0 Å². The van der Waals surface area contributed by atoms with E-state index in [4.69, 9.17) is 35.7 Å². The van der Waals surface area contributed by atoms with E-state index in [2.05, 4.69) is 27.8 Å². The molecular weight excluding hydrogens is 698 g/mol. The van der Waals surface area contributed by atoms with Crippen molar-refractivity contribution in [3.8, 4) is 11.3 Å². The van der Waals surface area contributed by atoms with Gasteiger partial charge >= 0.3 is 5.97 Å². The van der Waals surface area contributed by atoms with Gasteiger partial charge in [-0.15, -0.1) is 0 Å². The number of carbonyl (C=O) groups excluding carboxylic acids is 2. The number of amides is 2. The van der Waals surface area contributed by atoms with Crippen LogP contribution in [0.2, 0.25) is 5.02 Å². The summed E-state index contributed by atoms with van der Waals surface area (Å²) in [6, 6.07) is 24.3. The molecule has 1 aromatic heterocycles. The molecule has 12 heteroatoms. The first-order valence-corrected chi connectivity index (χ1v) is 18.3. The number of aromatic nitrogens is 1. The highest BCUT2D eigenvalue weighted by molar-refractivity contribution is 6.31. The molecule has 53 heavy (non-hydrogen) atoms. The van der Waals surface area contributed by atoms with E-state index < -0.39 is 5.97 Å². The van der Waals surface area contributed by atoms with Gasteiger partial charge in [-0.1, -0.05) is 48.0 Å². The number of anilines is 1. The number of carboxylic acids is 1. The summed E-state index contributed by atoms with van der Waals surface area (Å²) in [4.78, 5) is 41.8. The van der Waals surface area contributed by atoms with E-state index in [1.807, 2.05) is 30.3 Å². The van der Waals surface area contributed by atoms with Crippen molar-refractivity contribution in [1.82, 2.24) is 10.3 Å². The Kier molecular flexibility index (Phi) is 15.8. The zero-order valence-electron chi connectivity index (χ0n) is 29.7. The van der Waals surface area contributed by atoms with Gasteiger partial charge in [0.15, 0.2) is 0 Å². The lowest BCUT2D eigenvalue weighted by atomic mass is 9.87. The Morgan fingerprint density at radius 1 is 0.774 bits per heavy atom. The standard InChI is InChI=1S/C41H46ClN3O8/c42-33-13-14-37(35(28-33)38-27-32(15-17-43-38)41(49)44-36-12-4-9-30-8-1-2-11-34(30)36)45-40(48)31-10-3-6-29(26-31)7-5-18-50-20-22-52-24-25-53-23-21-51-19-16-39(46)47/h1-3,6,8,10-11,13-15,17,26-28,36H,4-5,7,9,12,16,18-25H2,(H,44,49)(H,45,48)(H,46,47). The van der Waals surface area contributed by atoms with Crippen LogP contribution < -0.4 is 10.6 Å². The number of halogens is 1. The van der Waals surface area contributed by atoms with Crippen LogP contribution in [0.25, 0.3) is 11.3 Å². The first-order chi connectivity index (χ1) is 25.9. The van der Waals surface area contributed by atoms with Crippen LogP contribution in [0.5, 0.6) is 0 Å². The van der Waals surface area contributed by atoms with E-state index >= 15 is 0 Å². The minimum Gasteiger partial charge on any atom is -0.481 e. The molecule has 0 spiro atoms. The van der Waals surface area contributed by atoms with Crippen molar-refractivity contribution in [3.05, 3.63) is 118 Å². The molecule has 11 nitrogen and oxygen atoms in total. The molecule has 0 saturated carbocycles. The molecule has 280 valence electrons. The number of benzene rings is 3. The summed E-state index contributed by atoms with van der Waals surface area (Å²) in [6.07, 6.45) is 6.00. The molecule has 5 rings (SSSR count). The second-order valence-electron chi connectivity index (χ2n) is 12.6. The molecular formula is C41H46ClN3O8. The van der Waals surface area contributed by atoms with E-state index in [1.54, 1.807) is 42.6 Å². The molecule has 1 heterocycles. The molecule has 0 aliphatic heterocycles. The highest BCUT2D eigenvalue weighted by Gasteiger charge is 2.22. The van der Waals surface area contributed by atoms with Gasteiger partial charge in [-0.25, -0.2) is 0 Å². The number of aryl methyl sites for hydroxylation is 2. The molecule has 0 fully saturated rings. The molecule has 0 radical (unpaired) electrons. The molecule has 0 bridgehead atoms. The normalized spacial score (nSPS) is 13.6. The van der Waals surface area contributed by atoms with Crippen molar-refractivity contribution in [1.29, 1.82) is 0 Å². The maximum Gasteiger partial charge on any atom is 0.305 e. The number of hydrogen-bond donors (Lipinski definition) is 3. The van der Waals surface area contributed by atoms with Crippen molar-refractivity contribution in [2.24, 2.45) is 0 Å². The van der Waals surface area contributed by atoms with Crippen molar-refractivity contribution in [2.75, 3.05) is 58.2 Å². The van der Waals surface area contributed by atoms with Crippen LogP contribution in [0.15, 0.2) is 85.1 Å². The van der Waals surface area contributed by atoms with Gasteiger partial charge in [-0.05, 0) is 91.3 Å². The summed E-state index contributed by atoms with van der Waals surface area (Å²) in [5, 5.41) is 15.3. The number of rotatable bonds is 21. The molecule has 3 aromatic carbocycles. The number of pyridine rings is 1. The van der Waals surface area contributed by atoms with Crippen LogP contribution in [-0.2, 0) is 36.6 Å². The Labute approximate surface area is 315 Å². The fourth-order valence-electron chi connectivity index (χ4n) is 6.06. The zero-order chi connectivity index (χ0) is 37.3. The van der Waals surface area contributed by atoms with E-state index in [0.29, 0.717) is 79.3 Å². The maximum absolute atomic E-state index is 13.5. The molecule has 1 atom stereocenters. The van der Waals surface area contributed by atoms with E-state index in [9.17, 15) is 14.4 Å². The van der Waals surface area contributed by atoms with Gasteiger partial charge in [-0.3, -0.25) is 19.4 Å². The van der Waals surface area contributed by atoms with Crippen LogP contribution in [0.3, 0.4) is 0 Å². The smallest absolute Gasteiger partial charge is 0.305 e.